The summed E-state index contributed by atoms with van der Waals surface area (Å²) in [7, 11) is 0. The van der Waals surface area contributed by atoms with Crippen LogP contribution in [0.3, 0.4) is 0 Å². The second-order valence-electron chi connectivity index (χ2n) is 8.72. The summed E-state index contributed by atoms with van der Waals surface area (Å²) in [6.07, 6.45) is 0. The predicted molar refractivity (Wildman–Crippen MR) is 179 cm³/mol. The molecule has 0 saturated heterocycles. The number of allylic oxidation sites excluding steroid dienone is 2. The minimum absolute atomic E-state index is 1.45. The first-order valence-electron chi connectivity index (χ1n) is 12.4. The van der Waals surface area contributed by atoms with Gasteiger partial charge in [-0.1, -0.05) is 0 Å². The Morgan fingerprint density at radius 2 is 0.632 bits per heavy atom. The van der Waals surface area contributed by atoms with Crippen molar-refractivity contribution in [3.63, 3.8) is 0 Å². The van der Waals surface area contributed by atoms with Gasteiger partial charge in [-0.25, -0.2) is 0 Å². The third-order valence-corrected chi connectivity index (χ3v) is 30.9. The van der Waals surface area contributed by atoms with Gasteiger partial charge in [0.1, 0.15) is 0 Å². The quantitative estimate of drug-likeness (QED) is 0.190. The van der Waals surface area contributed by atoms with Crippen molar-refractivity contribution in [3.8, 4) is 0 Å². The third kappa shape index (κ3) is 5.92. The summed E-state index contributed by atoms with van der Waals surface area (Å²) in [6.45, 7) is 4.53. The molecule has 6 rings (SSSR count). The summed E-state index contributed by atoms with van der Waals surface area (Å²) in [6, 6.07) is 45.6. The molecule has 4 aromatic carbocycles. The van der Waals surface area contributed by atoms with Crippen LogP contribution in [0.4, 0.5) is 0 Å². The summed E-state index contributed by atoms with van der Waals surface area (Å²) in [5, 5.41) is 0. The Hall–Kier alpha value is -0.864. The molecule has 188 valence electrons. The first-order valence-corrected chi connectivity index (χ1v) is 23.3. The zero-order valence-corrected chi connectivity index (χ0v) is 29.4. The molecule has 0 fully saturated rings. The van der Waals surface area contributed by atoms with Gasteiger partial charge in [-0.15, -0.1) is 0 Å². The Morgan fingerprint density at radius 1 is 0.368 bits per heavy atom. The van der Waals surface area contributed by atoms with Crippen LogP contribution in [0.1, 0.15) is 13.8 Å². The molecule has 2 aliphatic rings. The Bertz CT molecular complexity index is 1320. The number of thioether (sulfide) groups is 4. The average Bonchev–Trinajstić information content (AvgIpc) is 3.54. The molecule has 0 spiro atoms. The van der Waals surface area contributed by atoms with Gasteiger partial charge in [0, 0.05) is 0 Å². The fraction of sp³-hybridized carbons (Fsp3) is 0.0625. The monoisotopic (exact) mass is 780 g/mol. The fourth-order valence-corrected chi connectivity index (χ4v) is 33.0. The Balaban J connectivity index is 1.58. The standard InChI is InChI=1S/C8H6S4.4C6H5.2Sb/c1-5-6(2)12-8(11-5)7-9-3-4-10-7;4*1-2-4-6-5-3-1;;/h1-2H3;4*1-5H;;. The molecule has 0 nitrogen and oxygen atoms in total. The van der Waals surface area contributed by atoms with Crippen LogP contribution in [0, 0.1) is 0 Å². The maximum absolute atomic E-state index is 2.39. The molecule has 6 heteroatoms. The molecule has 2 heterocycles. The predicted octanol–water partition coefficient (Wildman–Crippen LogP) is 7.23. The maximum atomic E-state index is 2.39. The van der Waals surface area contributed by atoms with Gasteiger partial charge in [0.15, 0.2) is 0 Å². The topological polar surface area (TPSA) is 0 Å². The zero-order chi connectivity index (χ0) is 25.9. The van der Waals surface area contributed by atoms with Crippen molar-refractivity contribution in [3.05, 3.63) is 145 Å². The van der Waals surface area contributed by atoms with E-state index in [-0.39, 0.29) is 0 Å². The zero-order valence-electron chi connectivity index (χ0n) is 21.1. The molecule has 0 atom stereocenters. The normalized spacial score (nSPS) is 15.9. The van der Waals surface area contributed by atoms with E-state index >= 15 is 0 Å². The summed E-state index contributed by atoms with van der Waals surface area (Å²) in [5.74, 6) is 0. The van der Waals surface area contributed by atoms with E-state index in [1.165, 1.54) is 18.3 Å². The fourth-order valence-electron chi connectivity index (χ4n) is 4.25. The summed E-state index contributed by atoms with van der Waals surface area (Å²) in [4.78, 5) is 2.89. The molecular formula is C32H26S4Sb2. The van der Waals surface area contributed by atoms with Gasteiger partial charge in [-0.2, -0.15) is 0 Å². The van der Waals surface area contributed by atoms with Crippen LogP contribution in [0.5, 0.6) is 0 Å². The summed E-state index contributed by atoms with van der Waals surface area (Å²) < 4.78 is 12.6. The summed E-state index contributed by atoms with van der Waals surface area (Å²) >= 11 is 3.62. The van der Waals surface area contributed by atoms with Crippen molar-refractivity contribution in [2.45, 2.75) is 13.8 Å². The van der Waals surface area contributed by atoms with E-state index in [1.54, 1.807) is 19.7 Å². The molecule has 0 aliphatic carbocycles. The van der Waals surface area contributed by atoms with E-state index in [4.69, 9.17) is 0 Å². The molecule has 0 aromatic heterocycles. The Morgan fingerprint density at radius 3 is 0.921 bits per heavy atom. The molecule has 0 bridgehead atoms. The first kappa shape index (κ1) is 27.3. The van der Waals surface area contributed by atoms with Crippen molar-refractivity contribution in [1.29, 1.82) is 0 Å². The van der Waals surface area contributed by atoms with Crippen LogP contribution in [0.2, 0.25) is 0 Å². The van der Waals surface area contributed by atoms with Crippen LogP contribution in [0.15, 0.2) is 145 Å². The van der Waals surface area contributed by atoms with E-state index < -0.39 is 40.4 Å². The first-order chi connectivity index (χ1) is 18.7. The molecule has 38 heavy (non-hydrogen) atoms. The van der Waals surface area contributed by atoms with Gasteiger partial charge >= 0.3 is 261 Å². The van der Waals surface area contributed by atoms with Crippen LogP contribution in [-0.2, 0) is 0 Å². The number of benzene rings is 4. The second kappa shape index (κ2) is 12.8. The third-order valence-electron chi connectivity index (χ3n) is 6.18. The van der Waals surface area contributed by atoms with Gasteiger partial charge in [0.05, 0.1) is 0 Å². The summed E-state index contributed by atoms with van der Waals surface area (Å²) in [5.41, 5.74) is 0. The van der Waals surface area contributed by atoms with Crippen LogP contribution < -0.4 is 14.0 Å². The molecule has 0 saturated carbocycles. The van der Waals surface area contributed by atoms with Crippen molar-refractivity contribution in [1.82, 2.24) is 0 Å². The van der Waals surface area contributed by atoms with Crippen molar-refractivity contribution in [2.24, 2.45) is 0 Å². The van der Waals surface area contributed by atoms with Crippen molar-refractivity contribution < 1.29 is 0 Å². The second-order valence-corrected chi connectivity index (χ2v) is 27.8. The Labute approximate surface area is 257 Å². The van der Waals surface area contributed by atoms with Gasteiger partial charge in [0.2, 0.25) is 0 Å². The van der Waals surface area contributed by atoms with E-state index in [2.05, 4.69) is 159 Å². The van der Waals surface area contributed by atoms with Gasteiger partial charge in [-0.3, -0.25) is 0 Å². The molecule has 0 radical (unpaired) electrons. The number of hydrogen-bond donors (Lipinski definition) is 0. The van der Waals surface area contributed by atoms with E-state index in [0.717, 1.165) is 0 Å². The molecule has 0 N–H and O–H groups in total. The van der Waals surface area contributed by atoms with Gasteiger partial charge < -0.3 is 0 Å². The van der Waals surface area contributed by atoms with Crippen LogP contribution >= 0.6 is 47.0 Å². The van der Waals surface area contributed by atoms with Crippen LogP contribution in [-0.4, -0.2) is 40.4 Å². The van der Waals surface area contributed by atoms with Crippen molar-refractivity contribution in [2.75, 3.05) is 0 Å². The molecule has 4 aromatic rings. The molecule has 2 aliphatic heterocycles. The average molecular weight is 782 g/mol. The number of hydrogen-bond acceptors (Lipinski definition) is 4. The van der Waals surface area contributed by atoms with Gasteiger partial charge in [0.25, 0.3) is 0 Å². The van der Waals surface area contributed by atoms with Gasteiger partial charge in [-0.05, 0) is 0 Å². The van der Waals surface area contributed by atoms with E-state index in [1.807, 2.05) is 23.5 Å². The number of rotatable bonds is 6. The molecule has 0 unspecified atom stereocenters. The van der Waals surface area contributed by atoms with Crippen LogP contribution in [0.25, 0.3) is 0 Å². The van der Waals surface area contributed by atoms with Crippen molar-refractivity contribution >= 4 is 102 Å². The minimum atomic E-state index is -2.28. The van der Waals surface area contributed by atoms with E-state index in [0.29, 0.717) is 0 Å². The van der Waals surface area contributed by atoms with E-state index in [9.17, 15) is 0 Å². The molecule has 0 amide bonds. The Kier molecular flexibility index (Phi) is 9.17. The SMILES string of the molecule is CC1=C(C)SC(=C2S[C]([Sb]([c]3ccccc3)[c]3ccccc3)=[C]([Sb]([c]3ccccc3)[c]3ccccc3)S2)S1. The molecular weight excluding hydrogens is 756 g/mol.